The van der Waals surface area contributed by atoms with Gasteiger partial charge in [0, 0.05) is 5.92 Å². The van der Waals surface area contributed by atoms with E-state index in [1.165, 1.54) is 11.1 Å². The van der Waals surface area contributed by atoms with Crippen molar-refractivity contribution in [3.05, 3.63) is 23.0 Å². The summed E-state index contributed by atoms with van der Waals surface area (Å²) in [5.41, 5.74) is 1.81. The number of aliphatic hydroxyl groups excluding tert-OH is 1. The first kappa shape index (κ1) is 27.9. The van der Waals surface area contributed by atoms with Crippen LogP contribution in [0.3, 0.4) is 0 Å². The van der Waals surface area contributed by atoms with Gasteiger partial charge in [0.2, 0.25) is 0 Å². The molecule has 0 fully saturated rings. The van der Waals surface area contributed by atoms with Crippen LogP contribution in [0, 0.1) is 17.8 Å². The molecule has 33 heavy (non-hydrogen) atoms. The van der Waals surface area contributed by atoms with E-state index in [0.717, 1.165) is 63.5 Å². The lowest BCUT2D eigenvalue weighted by Crippen LogP contribution is -2.40. The maximum absolute atomic E-state index is 10.9. The van der Waals surface area contributed by atoms with Crippen molar-refractivity contribution in [1.29, 1.82) is 0 Å². The van der Waals surface area contributed by atoms with Gasteiger partial charge >= 0.3 is 5.97 Å². The maximum atomic E-state index is 10.9. The molecule has 1 aliphatic carbocycles. The van der Waals surface area contributed by atoms with E-state index < -0.39 is 11.6 Å². The Kier molecular flexibility index (Phi) is 10.0. The number of carbonyl (C=O) groups is 1. The van der Waals surface area contributed by atoms with Crippen LogP contribution in [0.1, 0.15) is 112 Å². The number of carboxylic acids is 1. The Bertz CT molecular complexity index is 722. The van der Waals surface area contributed by atoms with Crippen molar-refractivity contribution >= 4 is 5.97 Å². The third-order valence-corrected chi connectivity index (χ3v) is 8.15. The second kappa shape index (κ2) is 11.9. The van der Waals surface area contributed by atoms with Crippen LogP contribution in [-0.2, 0) is 9.53 Å². The molecule has 0 saturated heterocycles. The molecule has 0 aromatic rings. The van der Waals surface area contributed by atoms with Crippen LogP contribution in [0.15, 0.2) is 23.0 Å². The lowest BCUT2D eigenvalue weighted by atomic mass is 9.75. The van der Waals surface area contributed by atoms with Gasteiger partial charge in [0.15, 0.2) is 0 Å². The van der Waals surface area contributed by atoms with Crippen molar-refractivity contribution in [2.24, 2.45) is 17.8 Å². The normalized spacial score (nSPS) is 30.9. The fraction of sp³-hybridized carbons (Fsp3) is 0.821. The highest BCUT2D eigenvalue weighted by atomic mass is 16.5. The largest absolute Gasteiger partial charge is 0.492 e. The number of aliphatic hydroxyl groups is 2. The third-order valence-electron chi connectivity index (χ3n) is 8.15. The zero-order valence-corrected chi connectivity index (χ0v) is 21.8. The van der Waals surface area contributed by atoms with E-state index in [0.29, 0.717) is 12.8 Å². The summed E-state index contributed by atoms with van der Waals surface area (Å²) in [7, 11) is 0. The van der Waals surface area contributed by atoms with E-state index in [1.807, 2.05) is 6.92 Å². The molecule has 5 nitrogen and oxygen atoms in total. The number of hydrogen-bond acceptors (Lipinski definition) is 4. The third kappa shape index (κ3) is 8.43. The minimum atomic E-state index is -0.762. The van der Waals surface area contributed by atoms with Crippen molar-refractivity contribution in [2.45, 2.75) is 129 Å². The SMILES string of the molecule is CC(=CCCC1(C)CCC2=C(O1)C(C)C(C)C(O)C2)CCCC(C)(O)CCCC(C)C(=O)O. The van der Waals surface area contributed by atoms with Crippen LogP contribution < -0.4 is 0 Å². The van der Waals surface area contributed by atoms with E-state index >= 15 is 0 Å². The van der Waals surface area contributed by atoms with Gasteiger partial charge in [-0.15, -0.1) is 0 Å². The van der Waals surface area contributed by atoms with Gasteiger partial charge in [-0.05, 0) is 103 Å². The highest BCUT2D eigenvalue weighted by Gasteiger charge is 2.40. The van der Waals surface area contributed by atoms with Gasteiger partial charge in [-0.2, -0.15) is 0 Å². The molecule has 0 amide bonds. The highest BCUT2D eigenvalue weighted by Crippen LogP contribution is 2.45. The number of allylic oxidation sites excluding steroid dienone is 3. The molecule has 0 spiro atoms. The standard InChI is InChI=1S/C28H48O5/c1-19(10-7-14-27(5,32)15-9-12-20(2)26(30)31)11-8-16-28(6)17-13-23-18-24(29)21(3)22(4)25(23)33-28/h11,20-22,24,29,32H,7-10,12-18H2,1-6H3,(H,30,31). The quantitative estimate of drug-likeness (QED) is 0.292. The van der Waals surface area contributed by atoms with E-state index in [9.17, 15) is 15.0 Å². The van der Waals surface area contributed by atoms with Gasteiger partial charge in [0.05, 0.1) is 23.4 Å². The van der Waals surface area contributed by atoms with Crippen LogP contribution >= 0.6 is 0 Å². The van der Waals surface area contributed by atoms with Crippen molar-refractivity contribution in [3.63, 3.8) is 0 Å². The predicted molar refractivity (Wildman–Crippen MR) is 133 cm³/mol. The van der Waals surface area contributed by atoms with Crippen molar-refractivity contribution in [1.82, 2.24) is 0 Å². The van der Waals surface area contributed by atoms with Gasteiger partial charge in [-0.25, -0.2) is 0 Å². The molecule has 1 heterocycles. The molecule has 0 aromatic carbocycles. The first-order valence-corrected chi connectivity index (χ1v) is 13.0. The summed E-state index contributed by atoms with van der Waals surface area (Å²) in [5, 5.41) is 29.9. The Morgan fingerprint density at radius 1 is 1.30 bits per heavy atom. The van der Waals surface area contributed by atoms with Crippen LogP contribution in [0.4, 0.5) is 0 Å². The zero-order valence-electron chi connectivity index (χ0n) is 21.8. The van der Waals surface area contributed by atoms with Gasteiger partial charge in [-0.3, -0.25) is 4.79 Å². The Morgan fingerprint density at radius 2 is 1.97 bits per heavy atom. The molecule has 3 N–H and O–H groups in total. The van der Waals surface area contributed by atoms with E-state index in [4.69, 9.17) is 9.84 Å². The molecule has 5 heteroatoms. The molecular formula is C28H48O5. The smallest absolute Gasteiger partial charge is 0.306 e. The molecule has 1 aliphatic heterocycles. The van der Waals surface area contributed by atoms with Crippen LogP contribution in [-0.4, -0.2) is 38.6 Å². The number of hydrogen-bond donors (Lipinski definition) is 3. The predicted octanol–water partition coefficient (Wildman–Crippen LogP) is 6.39. The Labute approximate surface area is 201 Å². The highest BCUT2D eigenvalue weighted by molar-refractivity contribution is 5.69. The summed E-state index contributed by atoms with van der Waals surface area (Å²) in [5.74, 6) is 0.552. The molecule has 6 atom stereocenters. The number of carboxylic acid groups (broad SMARTS) is 1. The monoisotopic (exact) mass is 464 g/mol. The number of ether oxygens (including phenoxy) is 1. The molecule has 190 valence electrons. The second-order valence-corrected chi connectivity index (χ2v) is 11.5. The topological polar surface area (TPSA) is 87.0 Å². The first-order valence-electron chi connectivity index (χ1n) is 13.0. The van der Waals surface area contributed by atoms with E-state index in [1.54, 1.807) is 6.92 Å². The lowest BCUT2D eigenvalue weighted by molar-refractivity contribution is -0.141. The lowest BCUT2D eigenvalue weighted by Gasteiger charge is -2.44. The summed E-state index contributed by atoms with van der Waals surface area (Å²) in [6.07, 6.45) is 11.5. The maximum Gasteiger partial charge on any atom is 0.306 e. The first-order chi connectivity index (χ1) is 15.3. The summed E-state index contributed by atoms with van der Waals surface area (Å²) >= 11 is 0. The van der Waals surface area contributed by atoms with Crippen molar-refractivity contribution in [2.75, 3.05) is 0 Å². The Hall–Kier alpha value is -1.33. The minimum Gasteiger partial charge on any atom is -0.492 e. The van der Waals surface area contributed by atoms with Crippen molar-refractivity contribution < 1.29 is 24.9 Å². The zero-order chi connectivity index (χ0) is 24.8. The van der Waals surface area contributed by atoms with Gasteiger partial charge < -0.3 is 20.1 Å². The van der Waals surface area contributed by atoms with Gasteiger partial charge in [0.1, 0.15) is 5.60 Å². The minimum absolute atomic E-state index is 0.136. The fourth-order valence-corrected chi connectivity index (χ4v) is 5.24. The molecule has 0 saturated carbocycles. The van der Waals surface area contributed by atoms with Crippen molar-refractivity contribution in [3.8, 4) is 0 Å². The molecule has 0 radical (unpaired) electrons. The molecule has 2 aliphatic rings. The molecule has 6 unspecified atom stereocenters. The summed E-state index contributed by atoms with van der Waals surface area (Å²) in [4.78, 5) is 10.9. The van der Waals surface area contributed by atoms with Gasteiger partial charge in [0.25, 0.3) is 0 Å². The van der Waals surface area contributed by atoms with Gasteiger partial charge in [-0.1, -0.05) is 32.4 Å². The average molecular weight is 465 g/mol. The average Bonchev–Trinajstić information content (AvgIpc) is 2.72. The summed E-state index contributed by atoms with van der Waals surface area (Å²) < 4.78 is 6.55. The summed E-state index contributed by atoms with van der Waals surface area (Å²) in [6.45, 7) is 12.3. The van der Waals surface area contributed by atoms with E-state index in [-0.39, 0.29) is 29.5 Å². The van der Waals surface area contributed by atoms with Crippen LogP contribution in [0.2, 0.25) is 0 Å². The Morgan fingerprint density at radius 3 is 2.64 bits per heavy atom. The van der Waals surface area contributed by atoms with Crippen LogP contribution in [0.25, 0.3) is 0 Å². The number of aliphatic carboxylic acids is 1. The second-order valence-electron chi connectivity index (χ2n) is 11.5. The molecule has 2 rings (SSSR count). The fourth-order valence-electron chi connectivity index (χ4n) is 5.24. The molecular weight excluding hydrogens is 416 g/mol. The van der Waals surface area contributed by atoms with Crippen LogP contribution in [0.5, 0.6) is 0 Å². The summed E-state index contributed by atoms with van der Waals surface area (Å²) in [6, 6.07) is 0. The molecule has 0 bridgehead atoms. The Balaban J connectivity index is 1.73. The van der Waals surface area contributed by atoms with E-state index in [2.05, 4.69) is 33.8 Å². The number of rotatable bonds is 12. The molecule has 0 aromatic heterocycles.